The first-order chi connectivity index (χ1) is 8.97. The maximum Gasteiger partial charge on any atom is 0.337 e. The van der Waals surface area contributed by atoms with Crippen molar-refractivity contribution in [2.75, 3.05) is 25.5 Å². The van der Waals surface area contributed by atoms with Gasteiger partial charge in [-0.15, -0.1) is 0 Å². The zero-order valence-corrected chi connectivity index (χ0v) is 10.6. The van der Waals surface area contributed by atoms with Gasteiger partial charge in [-0.3, -0.25) is 4.79 Å². The molecule has 1 saturated heterocycles. The third-order valence-corrected chi connectivity index (χ3v) is 3.25. The van der Waals surface area contributed by atoms with Gasteiger partial charge in [0.05, 0.1) is 17.2 Å². The standard InChI is InChI=1S/C13H16N2O4/c1-15-5-4-8(7-15)12(17)14-11-3-2-9(16)6-10(11)13(18)19/h2-3,6,8,16H,4-5,7H2,1H3,(H,14,17)(H,18,19). The molecule has 1 atom stereocenters. The number of hydrogen-bond acceptors (Lipinski definition) is 4. The molecule has 0 saturated carbocycles. The van der Waals surface area contributed by atoms with Crippen LogP contribution in [0.15, 0.2) is 18.2 Å². The second-order valence-electron chi connectivity index (χ2n) is 4.77. The van der Waals surface area contributed by atoms with Gasteiger partial charge in [-0.25, -0.2) is 4.79 Å². The molecule has 1 aliphatic heterocycles. The van der Waals surface area contributed by atoms with Crippen LogP contribution in [-0.4, -0.2) is 47.1 Å². The summed E-state index contributed by atoms with van der Waals surface area (Å²) >= 11 is 0. The Morgan fingerprint density at radius 2 is 2.16 bits per heavy atom. The number of carboxylic acid groups (broad SMARTS) is 1. The minimum absolute atomic E-state index is 0.111. The lowest BCUT2D eigenvalue weighted by Gasteiger charge is -2.13. The van der Waals surface area contributed by atoms with E-state index in [9.17, 15) is 14.7 Å². The maximum atomic E-state index is 12.0. The van der Waals surface area contributed by atoms with E-state index in [-0.39, 0.29) is 28.8 Å². The van der Waals surface area contributed by atoms with Crippen molar-refractivity contribution < 1.29 is 19.8 Å². The van der Waals surface area contributed by atoms with Crippen LogP contribution >= 0.6 is 0 Å². The van der Waals surface area contributed by atoms with Crippen LogP contribution in [0.1, 0.15) is 16.8 Å². The number of phenolic OH excluding ortho intramolecular Hbond substituents is 1. The number of phenols is 1. The Morgan fingerprint density at radius 1 is 1.42 bits per heavy atom. The number of rotatable bonds is 3. The fourth-order valence-electron chi connectivity index (χ4n) is 2.20. The van der Waals surface area contributed by atoms with Crippen LogP contribution in [0.25, 0.3) is 0 Å². The number of aromatic carboxylic acids is 1. The molecule has 102 valence electrons. The Bertz CT molecular complexity index is 515. The molecule has 0 aliphatic carbocycles. The van der Waals surface area contributed by atoms with E-state index in [0.717, 1.165) is 19.0 Å². The van der Waals surface area contributed by atoms with Crippen LogP contribution in [0.3, 0.4) is 0 Å². The molecule has 1 aliphatic rings. The van der Waals surface area contributed by atoms with E-state index in [0.29, 0.717) is 6.54 Å². The van der Waals surface area contributed by atoms with Crippen LogP contribution in [0.4, 0.5) is 5.69 Å². The van der Waals surface area contributed by atoms with Crippen LogP contribution in [0.5, 0.6) is 5.75 Å². The van der Waals surface area contributed by atoms with Crippen LogP contribution < -0.4 is 5.32 Å². The number of carboxylic acids is 1. The molecule has 0 spiro atoms. The summed E-state index contributed by atoms with van der Waals surface area (Å²) in [5, 5.41) is 20.9. The second-order valence-corrected chi connectivity index (χ2v) is 4.77. The fraction of sp³-hybridized carbons (Fsp3) is 0.385. The zero-order valence-electron chi connectivity index (χ0n) is 10.6. The number of carbonyl (C=O) groups is 2. The predicted octanol–water partition coefficient (Wildman–Crippen LogP) is 0.981. The van der Waals surface area contributed by atoms with Gasteiger partial charge in [0.15, 0.2) is 0 Å². The number of carbonyl (C=O) groups excluding carboxylic acids is 1. The SMILES string of the molecule is CN1CCC(C(=O)Nc2ccc(O)cc2C(=O)O)C1. The summed E-state index contributed by atoms with van der Waals surface area (Å²) in [6.45, 7) is 1.53. The van der Waals surface area contributed by atoms with Gasteiger partial charge in [-0.2, -0.15) is 0 Å². The number of likely N-dealkylation sites (tertiary alicyclic amines) is 1. The van der Waals surface area contributed by atoms with Gasteiger partial charge < -0.3 is 20.4 Å². The molecular formula is C13H16N2O4. The highest BCUT2D eigenvalue weighted by Gasteiger charge is 2.27. The van der Waals surface area contributed by atoms with Gasteiger partial charge in [0.1, 0.15) is 5.75 Å². The molecule has 0 radical (unpaired) electrons. The number of benzene rings is 1. The summed E-state index contributed by atoms with van der Waals surface area (Å²) in [6, 6.07) is 3.87. The molecular weight excluding hydrogens is 248 g/mol. The molecule has 1 aromatic rings. The lowest BCUT2D eigenvalue weighted by atomic mass is 10.1. The molecule has 0 bridgehead atoms. The molecule has 1 fully saturated rings. The van der Waals surface area contributed by atoms with Crippen molar-refractivity contribution in [1.82, 2.24) is 4.90 Å². The number of nitrogens with zero attached hydrogens (tertiary/aromatic N) is 1. The van der Waals surface area contributed by atoms with Gasteiger partial charge in [-0.1, -0.05) is 0 Å². The summed E-state index contributed by atoms with van der Waals surface area (Å²) in [6.07, 6.45) is 0.767. The number of nitrogens with one attached hydrogen (secondary N) is 1. The second kappa shape index (κ2) is 5.27. The number of anilines is 1. The smallest absolute Gasteiger partial charge is 0.337 e. The van der Waals surface area contributed by atoms with E-state index in [1.165, 1.54) is 12.1 Å². The van der Waals surface area contributed by atoms with Crippen molar-refractivity contribution in [3.8, 4) is 5.75 Å². The molecule has 19 heavy (non-hydrogen) atoms. The van der Waals surface area contributed by atoms with Crippen molar-refractivity contribution >= 4 is 17.6 Å². The van der Waals surface area contributed by atoms with E-state index in [1.54, 1.807) is 0 Å². The summed E-state index contributed by atoms with van der Waals surface area (Å²) in [5.74, 6) is -1.64. The van der Waals surface area contributed by atoms with E-state index in [2.05, 4.69) is 10.2 Å². The van der Waals surface area contributed by atoms with Gasteiger partial charge in [0, 0.05) is 6.54 Å². The fourth-order valence-corrected chi connectivity index (χ4v) is 2.20. The molecule has 1 unspecified atom stereocenters. The average molecular weight is 264 g/mol. The van der Waals surface area contributed by atoms with E-state index >= 15 is 0 Å². The van der Waals surface area contributed by atoms with Gasteiger partial charge in [0.2, 0.25) is 5.91 Å². The topological polar surface area (TPSA) is 89.9 Å². The summed E-state index contributed by atoms with van der Waals surface area (Å²) in [5.41, 5.74) is 0.101. The lowest BCUT2D eigenvalue weighted by Crippen LogP contribution is -2.26. The van der Waals surface area contributed by atoms with Gasteiger partial charge in [0.25, 0.3) is 0 Å². The molecule has 3 N–H and O–H groups in total. The first kappa shape index (κ1) is 13.4. The van der Waals surface area contributed by atoms with Crippen molar-refractivity contribution in [3.63, 3.8) is 0 Å². The Morgan fingerprint density at radius 3 is 2.74 bits per heavy atom. The average Bonchev–Trinajstić information content (AvgIpc) is 2.78. The minimum Gasteiger partial charge on any atom is -0.508 e. The maximum absolute atomic E-state index is 12.0. The highest BCUT2D eigenvalue weighted by Crippen LogP contribution is 2.23. The van der Waals surface area contributed by atoms with E-state index in [4.69, 9.17) is 5.11 Å². The third kappa shape index (κ3) is 3.03. The van der Waals surface area contributed by atoms with Crippen molar-refractivity contribution in [2.24, 2.45) is 5.92 Å². The van der Waals surface area contributed by atoms with Crippen molar-refractivity contribution in [2.45, 2.75) is 6.42 Å². The Kier molecular flexibility index (Phi) is 3.71. The normalized spacial score (nSPS) is 19.3. The van der Waals surface area contributed by atoms with Gasteiger partial charge >= 0.3 is 5.97 Å². The first-order valence-electron chi connectivity index (χ1n) is 6.03. The lowest BCUT2D eigenvalue weighted by molar-refractivity contribution is -0.119. The first-order valence-corrected chi connectivity index (χ1v) is 6.03. The monoisotopic (exact) mass is 264 g/mol. The molecule has 1 aromatic carbocycles. The minimum atomic E-state index is -1.19. The van der Waals surface area contributed by atoms with Crippen molar-refractivity contribution in [1.29, 1.82) is 0 Å². The van der Waals surface area contributed by atoms with E-state index in [1.807, 2.05) is 7.05 Å². The zero-order chi connectivity index (χ0) is 14.0. The highest BCUT2D eigenvalue weighted by molar-refractivity contribution is 6.01. The quantitative estimate of drug-likeness (QED) is 0.708. The molecule has 1 amide bonds. The van der Waals surface area contributed by atoms with Crippen molar-refractivity contribution in [3.05, 3.63) is 23.8 Å². The largest absolute Gasteiger partial charge is 0.508 e. The predicted molar refractivity (Wildman–Crippen MR) is 69.3 cm³/mol. The molecule has 6 heteroatoms. The van der Waals surface area contributed by atoms with Gasteiger partial charge in [-0.05, 0) is 38.2 Å². The number of aromatic hydroxyl groups is 1. The Hall–Kier alpha value is -2.08. The number of hydrogen-bond donors (Lipinski definition) is 3. The van der Waals surface area contributed by atoms with Crippen LogP contribution in [-0.2, 0) is 4.79 Å². The summed E-state index contributed by atoms with van der Waals surface area (Å²) in [7, 11) is 1.94. The summed E-state index contributed by atoms with van der Waals surface area (Å²) < 4.78 is 0. The van der Waals surface area contributed by atoms with Crippen LogP contribution in [0.2, 0.25) is 0 Å². The highest BCUT2D eigenvalue weighted by atomic mass is 16.4. The Labute approximate surface area is 110 Å². The Balaban J connectivity index is 2.14. The molecule has 2 rings (SSSR count). The third-order valence-electron chi connectivity index (χ3n) is 3.25. The molecule has 6 nitrogen and oxygen atoms in total. The van der Waals surface area contributed by atoms with Crippen LogP contribution in [0, 0.1) is 5.92 Å². The van der Waals surface area contributed by atoms with E-state index < -0.39 is 5.97 Å². The number of amides is 1. The summed E-state index contributed by atoms with van der Waals surface area (Å²) in [4.78, 5) is 25.1. The molecule has 0 aromatic heterocycles. The molecule has 1 heterocycles.